The number of nitrogens with one attached hydrogen (secondary N) is 1. The summed E-state index contributed by atoms with van der Waals surface area (Å²) in [6, 6.07) is 3.61. The molecule has 5 nitrogen and oxygen atoms in total. The smallest absolute Gasteiger partial charge is 0.310 e. The van der Waals surface area contributed by atoms with Crippen LogP contribution in [0.3, 0.4) is 0 Å². The van der Waals surface area contributed by atoms with Crippen LogP contribution in [0, 0.1) is 26.2 Å². The summed E-state index contributed by atoms with van der Waals surface area (Å²) in [4.78, 5) is 11.5. The average molecular weight is 313 g/mol. The molecule has 0 saturated carbocycles. The van der Waals surface area contributed by atoms with Gasteiger partial charge in [-0.25, -0.2) is 13.1 Å². The van der Waals surface area contributed by atoms with Gasteiger partial charge in [0.25, 0.3) is 0 Å². The van der Waals surface area contributed by atoms with E-state index < -0.39 is 21.4 Å². The molecule has 21 heavy (non-hydrogen) atoms. The first-order chi connectivity index (χ1) is 9.53. The molecule has 0 aromatic heterocycles. The van der Waals surface area contributed by atoms with Crippen molar-refractivity contribution in [2.45, 2.75) is 45.9 Å². The molecule has 1 unspecified atom stereocenters. The Hall–Kier alpha value is -1.40. The van der Waals surface area contributed by atoms with Crippen molar-refractivity contribution in [1.29, 1.82) is 0 Å². The third kappa shape index (κ3) is 3.83. The van der Waals surface area contributed by atoms with E-state index in [9.17, 15) is 18.3 Å². The number of aryl methyl sites for hydroxylation is 3. The molecule has 0 aliphatic carbocycles. The lowest BCUT2D eigenvalue weighted by Crippen LogP contribution is -2.40. The molecule has 0 bridgehead atoms. The molecule has 0 radical (unpaired) electrons. The van der Waals surface area contributed by atoms with E-state index >= 15 is 0 Å². The number of carboxylic acid groups (broad SMARTS) is 1. The first kappa shape index (κ1) is 17.7. The van der Waals surface area contributed by atoms with Crippen LogP contribution in [-0.4, -0.2) is 26.0 Å². The SMILES string of the molecule is CCC(C)(CNS(=O)(=O)c1c(C)cc(C)cc1C)C(=O)O. The van der Waals surface area contributed by atoms with Crippen LogP contribution in [0.2, 0.25) is 0 Å². The van der Waals surface area contributed by atoms with E-state index in [1.165, 1.54) is 6.92 Å². The second kappa shape index (κ2) is 6.15. The van der Waals surface area contributed by atoms with Gasteiger partial charge in [0.05, 0.1) is 10.3 Å². The molecule has 1 aromatic carbocycles. The van der Waals surface area contributed by atoms with Crippen molar-refractivity contribution >= 4 is 16.0 Å². The molecule has 0 fully saturated rings. The van der Waals surface area contributed by atoms with Crippen LogP contribution >= 0.6 is 0 Å². The van der Waals surface area contributed by atoms with Crippen molar-refractivity contribution in [3.8, 4) is 0 Å². The first-order valence-electron chi connectivity index (χ1n) is 6.84. The molecule has 6 heteroatoms. The Labute approximate surface area is 126 Å². The van der Waals surface area contributed by atoms with Gasteiger partial charge >= 0.3 is 5.97 Å². The number of carbonyl (C=O) groups is 1. The zero-order valence-electron chi connectivity index (χ0n) is 13.1. The predicted octanol–water partition coefficient (Wildman–Crippen LogP) is 2.39. The Morgan fingerprint density at radius 3 is 2.10 bits per heavy atom. The molecule has 1 rings (SSSR count). The summed E-state index contributed by atoms with van der Waals surface area (Å²) in [6.07, 6.45) is 0.344. The Bertz CT molecular complexity index is 629. The van der Waals surface area contributed by atoms with E-state index in [1.807, 2.05) is 6.92 Å². The molecule has 0 saturated heterocycles. The number of aliphatic carboxylic acids is 1. The van der Waals surface area contributed by atoms with E-state index in [2.05, 4.69) is 4.72 Å². The summed E-state index contributed by atoms with van der Waals surface area (Å²) >= 11 is 0. The first-order valence-corrected chi connectivity index (χ1v) is 8.32. The van der Waals surface area contributed by atoms with E-state index in [-0.39, 0.29) is 11.4 Å². The van der Waals surface area contributed by atoms with Crippen LogP contribution in [-0.2, 0) is 14.8 Å². The molecule has 118 valence electrons. The fourth-order valence-corrected chi connectivity index (χ4v) is 3.89. The fourth-order valence-electron chi connectivity index (χ4n) is 2.27. The van der Waals surface area contributed by atoms with Crippen molar-refractivity contribution in [2.75, 3.05) is 6.54 Å². The Balaban J connectivity index is 3.12. The van der Waals surface area contributed by atoms with Gasteiger partial charge in [-0.15, -0.1) is 0 Å². The van der Waals surface area contributed by atoms with Crippen LogP contribution in [0.1, 0.15) is 37.0 Å². The van der Waals surface area contributed by atoms with Crippen molar-refractivity contribution in [1.82, 2.24) is 4.72 Å². The number of carboxylic acids is 1. The van der Waals surface area contributed by atoms with E-state index in [1.54, 1.807) is 32.9 Å². The van der Waals surface area contributed by atoms with Crippen LogP contribution in [0.25, 0.3) is 0 Å². The van der Waals surface area contributed by atoms with Crippen LogP contribution in [0.4, 0.5) is 0 Å². The Morgan fingerprint density at radius 1 is 1.24 bits per heavy atom. The minimum absolute atomic E-state index is 0.131. The Morgan fingerprint density at radius 2 is 1.71 bits per heavy atom. The molecule has 0 amide bonds. The minimum Gasteiger partial charge on any atom is -0.481 e. The fraction of sp³-hybridized carbons (Fsp3) is 0.533. The maximum absolute atomic E-state index is 12.5. The van der Waals surface area contributed by atoms with Crippen molar-refractivity contribution in [2.24, 2.45) is 5.41 Å². The highest BCUT2D eigenvalue weighted by molar-refractivity contribution is 7.89. The molecule has 0 spiro atoms. The summed E-state index contributed by atoms with van der Waals surface area (Å²) < 4.78 is 27.4. The van der Waals surface area contributed by atoms with Crippen molar-refractivity contribution in [3.05, 3.63) is 28.8 Å². The zero-order chi connectivity index (χ0) is 16.4. The topological polar surface area (TPSA) is 83.5 Å². The lowest BCUT2D eigenvalue weighted by atomic mass is 9.88. The van der Waals surface area contributed by atoms with Crippen LogP contribution < -0.4 is 4.72 Å². The van der Waals surface area contributed by atoms with Gasteiger partial charge in [-0.3, -0.25) is 4.79 Å². The van der Waals surface area contributed by atoms with Crippen LogP contribution in [0.15, 0.2) is 17.0 Å². The normalized spacial score (nSPS) is 14.7. The average Bonchev–Trinajstić information content (AvgIpc) is 2.34. The monoisotopic (exact) mass is 313 g/mol. The standard InChI is InChI=1S/C15H23NO4S/c1-6-15(5,14(17)18)9-16-21(19,20)13-11(3)7-10(2)8-12(13)4/h7-8,16H,6,9H2,1-5H3,(H,17,18). The quantitative estimate of drug-likeness (QED) is 0.844. The van der Waals surface area contributed by atoms with Gasteiger partial charge < -0.3 is 5.11 Å². The lowest BCUT2D eigenvalue weighted by molar-refractivity contribution is -0.147. The van der Waals surface area contributed by atoms with Gasteiger partial charge in [-0.2, -0.15) is 0 Å². The van der Waals surface area contributed by atoms with Gasteiger partial charge in [-0.05, 0) is 45.2 Å². The van der Waals surface area contributed by atoms with Gasteiger partial charge in [-0.1, -0.05) is 24.6 Å². The summed E-state index contributed by atoms with van der Waals surface area (Å²) in [6.45, 7) is 8.52. The lowest BCUT2D eigenvalue weighted by Gasteiger charge is -2.23. The maximum atomic E-state index is 12.5. The van der Waals surface area contributed by atoms with Gasteiger partial charge in [0.1, 0.15) is 0 Å². The highest BCUT2D eigenvalue weighted by Crippen LogP contribution is 2.24. The number of sulfonamides is 1. The number of benzene rings is 1. The predicted molar refractivity (Wildman–Crippen MR) is 81.9 cm³/mol. The summed E-state index contributed by atoms with van der Waals surface area (Å²) in [5.74, 6) is -1.01. The number of hydrogen-bond donors (Lipinski definition) is 2. The maximum Gasteiger partial charge on any atom is 0.310 e. The molecular formula is C15H23NO4S. The third-order valence-electron chi connectivity index (χ3n) is 3.82. The van der Waals surface area contributed by atoms with E-state index in [4.69, 9.17) is 0 Å². The molecule has 0 aliphatic rings. The van der Waals surface area contributed by atoms with Crippen molar-refractivity contribution < 1.29 is 18.3 Å². The molecular weight excluding hydrogens is 290 g/mol. The number of hydrogen-bond acceptors (Lipinski definition) is 3. The van der Waals surface area contributed by atoms with Crippen LogP contribution in [0.5, 0.6) is 0 Å². The second-order valence-corrected chi connectivity index (χ2v) is 7.48. The summed E-state index contributed by atoms with van der Waals surface area (Å²) in [7, 11) is -3.73. The van der Waals surface area contributed by atoms with E-state index in [0.29, 0.717) is 17.5 Å². The Kier molecular flexibility index (Phi) is 5.17. The van der Waals surface area contributed by atoms with Gasteiger partial charge in [0.15, 0.2) is 0 Å². The highest BCUT2D eigenvalue weighted by Gasteiger charge is 2.33. The highest BCUT2D eigenvalue weighted by atomic mass is 32.2. The molecule has 0 heterocycles. The van der Waals surface area contributed by atoms with Gasteiger partial charge in [0.2, 0.25) is 10.0 Å². The third-order valence-corrected chi connectivity index (χ3v) is 5.53. The van der Waals surface area contributed by atoms with E-state index in [0.717, 1.165) is 5.56 Å². The second-order valence-electron chi connectivity index (χ2n) is 5.77. The summed E-state index contributed by atoms with van der Waals surface area (Å²) in [5.41, 5.74) is 1.20. The zero-order valence-corrected chi connectivity index (χ0v) is 14.0. The van der Waals surface area contributed by atoms with Gasteiger partial charge in [0, 0.05) is 6.54 Å². The number of rotatable bonds is 6. The summed E-state index contributed by atoms with van der Waals surface area (Å²) in [5, 5.41) is 9.21. The molecule has 1 atom stereocenters. The molecule has 0 aliphatic heterocycles. The van der Waals surface area contributed by atoms with Crippen molar-refractivity contribution in [3.63, 3.8) is 0 Å². The molecule has 2 N–H and O–H groups in total. The minimum atomic E-state index is -3.73. The largest absolute Gasteiger partial charge is 0.481 e. The molecule has 1 aromatic rings.